The number of rotatable bonds is 4. The average Bonchev–Trinajstić information content (AvgIpc) is 2.80. The van der Waals surface area contributed by atoms with E-state index in [1.54, 1.807) is 12.6 Å². The molecule has 0 unspecified atom stereocenters. The monoisotopic (exact) mass is 299 g/mol. The van der Waals surface area contributed by atoms with E-state index in [1.165, 1.54) is 11.3 Å². The van der Waals surface area contributed by atoms with Crippen molar-refractivity contribution < 1.29 is 4.74 Å². The smallest absolute Gasteiger partial charge is 0.205 e. The summed E-state index contributed by atoms with van der Waals surface area (Å²) >= 11 is 4.88. The van der Waals surface area contributed by atoms with E-state index in [0.717, 1.165) is 20.9 Å². The maximum Gasteiger partial charge on any atom is 0.205 e. The van der Waals surface area contributed by atoms with Crippen LogP contribution >= 0.6 is 27.3 Å². The summed E-state index contributed by atoms with van der Waals surface area (Å²) in [6, 6.07) is 5.94. The third-order valence-electron chi connectivity index (χ3n) is 2.04. The molecule has 0 aliphatic carbocycles. The molecule has 2 aromatic rings. The number of hydrogen-bond acceptors (Lipinski definition) is 5. The van der Waals surface area contributed by atoms with Gasteiger partial charge in [0, 0.05) is 16.6 Å². The molecule has 0 amide bonds. The minimum absolute atomic E-state index is 0.672. The number of halogens is 1. The van der Waals surface area contributed by atoms with Crippen LogP contribution in [0.4, 0.5) is 5.13 Å². The first-order chi connectivity index (χ1) is 7.79. The summed E-state index contributed by atoms with van der Waals surface area (Å²) in [4.78, 5) is 0. The van der Waals surface area contributed by atoms with Crippen molar-refractivity contribution in [2.45, 2.75) is 6.54 Å². The Morgan fingerprint density at radius 2 is 2.38 bits per heavy atom. The predicted octanol–water partition coefficient (Wildman–Crippen LogP) is 2.92. The van der Waals surface area contributed by atoms with Crippen LogP contribution < -0.4 is 10.1 Å². The third-order valence-corrected chi connectivity index (χ3v) is 3.18. The van der Waals surface area contributed by atoms with E-state index in [4.69, 9.17) is 4.74 Å². The molecule has 1 aromatic carbocycles. The lowest BCUT2D eigenvalue weighted by Crippen LogP contribution is -2.01. The molecule has 0 spiro atoms. The van der Waals surface area contributed by atoms with Crippen LogP contribution in [0.5, 0.6) is 5.75 Å². The minimum atomic E-state index is 0.672. The van der Waals surface area contributed by atoms with E-state index in [9.17, 15) is 0 Å². The molecule has 0 fully saturated rings. The lowest BCUT2D eigenvalue weighted by molar-refractivity contribution is 0.410. The third kappa shape index (κ3) is 2.70. The second-order valence-electron chi connectivity index (χ2n) is 3.05. The van der Waals surface area contributed by atoms with Gasteiger partial charge in [0.05, 0.1) is 7.11 Å². The van der Waals surface area contributed by atoms with Gasteiger partial charge in [0.1, 0.15) is 11.3 Å². The zero-order valence-electron chi connectivity index (χ0n) is 8.61. The summed E-state index contributed by atoms with van der Waals surface area (Å²) in [6.07, 6.45) is 0. The maximum absolute atomic E-state index is 5.29. The number of nitrogens with one attached hydrogen (secondary N) is 1. The Morgan fingerprint density at radius 1 is 1.50 bits per heavy atom. The van der Waals surface area contributed by atoms with Gasteiger partial charge in [0.15, 0.2) is 0 Å². The second-order valence-corrected chi connectivity index (χ2v) is 4.80. The van der Waals surface area contributed by atoms with E-state index in [1.807, 2.05) is 18.2 Å². The summed E-state index contributed by atoms with van der Waals surface area (Å²) in [6.45, 7) is 0.672. The van der Waals surface area contributed by atoms with Crippen molar-refractivity contribution in [1.29, 1.82) is 0 Å². The van der Waals surface area contributed by atoms with Gasteiger partial charge in [-0.25, -0.2) is 0 Å². The molecule has 6 heteroatoms. The molecular weight excluding hydrogens is 290 g/mol. The van der Waals surface area contributed by atoms with Crippen LogP contribution in [0.3, 0.4) is 0 Å². The van der Waals surface area contributed by atoms with E-state index >= 15 is 0 Å². The van der Waals surface area contributed by atoms with Crippen molar-refractivity contribution in [2.75, 3.05) is 12.4 Å². The van der Waals surface area contributed by atoms with E-state index < -0.39 is 0 Å². The van der Waals surface area contributed by atoms with Gasteiger partial charge in [-0.2, -0.15) is 0 Å². The Hall–Kier alpha value is -1.14. The first kappa shape index (κ1) is 11.3. The quantitative estimate of drug-likeness (QED) is 0.943. The molecule has 1 N–H and O–H groups in total. The molecule has 0 radical (unpaired) electrons. The maximum atomic E-state index is 5.29. The number of hydrogen-bond donors (Lipinski definition) is 1. The minimum Gasteiger partial charge on any atom is -0.496 e. The molecule has 0 saturated carbocycles. The molecule has 2 rings (SSSR count). The highest BCUT2D eigenvalue weighted by molar-refractivity contribution is 9.10. The van der Waals surface area contributed by atoms with Gasteiger partial charge in [-0.05, 0) is 12.1 Å². The van der Waals surface area contributed by atoms with Crippen molar-refractivity contribution in [1.82, 2.24) is 10.2 Å². The standard InChI is InChI=1S/C10H10BrN3OS/c1-15-9-4-8(11)3-2-7(9)5-12-10-14-13-6-16-10/h2-4,6H,5H2,1H3,(H,12,14). The molecule has 0 saturated heterocycles. The number of benzene rings is 1. The Bertz CT molecular complexity index is 461. The van der Waals surface area contributed by atoms with Gasteiger partial charge in [-0.1, -0.05) is 33.3 Å². The molecular formula is C10H10BrN3OS. The lowest BCUT2D eigenvalue weighted by atomic mass is 10.2. The highest BCUT2D eigenvalue weighted by Crippen LogP contribution is 2.24. The molecule has 1 heterocycles. The topological polar surface area (TPSA) is 47.0 Å². The van der Waals surface area contributed by atoms with E-state index in [-0.39, 0.29) is 0 Å². The van der Waals surface area contributed by atoms with Gasteiger partial charge in [0.2, 0.25) is 5.13 Å². The fourth-order valence-electron chi connectivity index (χ4n) is 1.29. The van der Waals surface area contributed by atoms with Crippen molar-refractivity contribution in [3.05, 3.63) is 33.7 Å². The van der Waals surface area contributed by atoms with Crippen molar-refractivity contribution in [3.63, 3.8) is 0 Å². The average molecular weight is 300 g/mol. The van der Waals surface area contributed by atoms with E-state index in [2.05, 4.69) is 31.4 Å². The molecule has 0 aliphatic rings. The molecule has 16 heavy (non-hydrogen) atoms. The van der Waals surface area contributed by atoms with Crippen molar-refractivity contribution in [3.8, 4) is 5.75 Å². The Kier molecular flexibility index (Phi) is 3.74. The van der Waals surface area contributed by atoms with Crippen molar-refractivity contribution >= 4 is 32.4 Å². The number of nitrogens with zero attached hydrogens (tertiary/aromatic N) is 2. The molecule has 0 bridgehead atoms. The first-order valence-corrected chi connectivity index (χ1v) is 6.29. The lowest BCUT2D eigenvalue weighted by Gasteiger charge is -2.09. The normalized spacial score (nSPS) is 10.1. The second kappa shape index (κ2) is 5.27. The summed E-state index contributed by atoms with van der Waals surface area (Å²) in [5, 5.41) is 11.7. The van der Waals surface area contributed by atoms with Crippen LogP contribution in [0.15, 0.2) is 28.2 Å². The van der Waals surface area contributed by atoms with Crippen LogP contribution in [0.1, 0.15) is 5.56 Å². The van der Waals surface area contributed by atoms with Crippen LogP contribution in [-0.4, -0.2) is 17.3 Å². The fourth-order valence-corrected chi connectivity index (χ4v) is 2.07. The number of aromatic nitrogens is 2. The fraction of sp³-hybridized carbons (Fsp3) is 0.200. The molecule has 4 nitrogen and oxygen atoms in total. The van der Waals surface area contributed by atoms with Gasteiger partial charge in [-0.3, -0.25) is 0 Å². The Balaban J connectivity index is 2.09. The SMILES string of the molecule is COc1cc(Br)ccc1CNc1nncs1. The highest BCUT2D eigenvalue weighted by atomic mass is 79.9. The summed E-state index contributed by atoms with van der Waals surface area (Å²) in [7, 11) is 1.66. The Labute approximate surface area is 106 Å². The number of methoxy groups -OCH3 is 1. The van der Waals surface area contributed by atoms with Gasteiger partial charge in [-0.15, -0.1) is 10.2 Å². The summed E-state index contributed by atoms with van der Waals surface area (Å²) < 4.78 is 6.30. The summed E-state index contributed by atoms with van der Waals surface area (Å²) in [5.41, 5.74) is 2.78. The van der Waals surface area contributed by atoms with Gasteiger partial charge >= 0.3 is 0 Å². The first-order valence-electron chi connectivity index (χ1n) is 4.62. The van der Waals surface area contributed by atoms with Gasteiger partial charge in [0.25, 0.3) is 0 Å². The molecule has 84 valence electrons. The van der Waals surface area contributed by atoms with E-state index in [0.29, 0.717) is 6.54 Å². The predicted molar refractivity (Wildman–Crippen MR) is 67.9 cm³/mol. The van der Waals surface area contributed by atoms with Crippen LogP contribution in [-0.2, 0) is 6.54 Å². The number of ether oxygens (including phenoxy) is 1. The zero-order chi connectivity index (χ0) is 11.4. The van der Waals surface area contributed by atoms with Crippen LogP contribution in [0.2, 0.25) is 0 Å². The molecule has 0 aliphatic heterocycles. The Morgan fingerprint density at radius 3 is 3.06 bits per heavy atom. The van der Waals surface area contributed by atoms with Crippen molar-refractivity contribution in [2.24, 2.45) is 0 Å². The zero-order valence-corrected chi connectivity index (χ0v) is 11.0. The highest BCUT2D eigenvalue weighted by Gasteiger charge is 2.04. The summed E-state index contributed by atoms with van der Waals surface area (Å²) in [5.74, 6) is 0.853. The largest absolute Gasteiger partial charge is 0.496 e. The van der Waals surface area contributed by atoms with Crippen LogP contribution in [0.25, 0.3) is 0 Å². The molecule has 1 aromatic heterocycles. The van der Waals surface area contributed by atoms with Gasteiger partial charge < -0.3 is 10.1 Å². The van der Waals surface area contributed by atoms with Crippen LogP contribution in [0, 0.1) is 0 Å². The molecule has 0 atom stereocenters. The number of anilines is 1.